The molecule has 62 valence electrons. The van der Waals surface area contributed by atoms with Gasteiger partial charge in [0.1, 0.15) is 0 Å². The van der Waals surface area contributed by atoms with Gasteiger partial charge in [-0.2, -0.15) is 11.5 Å². The Hall–Kier alpha value is 1.81. The molecular weight excluding hydrogens is 182 g/mol. The van der Waals surface area contributed by atoms with Crippen molar-refractivity contribution in [1.82, 2.24) is 0 Å². The number of hydrogen-bond donors (Lipinski definition) is 0. The van der Waals surface area contributed by atoms with Crippen molar-refractivity contribution in [2.24, 2.45) is 0 Å². The van der Waals surface area contributed by atoms with Gasteiger partial charge in [-0.05, 0) is 0 Å². The van der Waals surface area contributed by atoms with Gasteiger partial charge in [-0.25, -0.2) is 0 Å². The van der Waals surface area contributed by atoms with E-state index in [4.69, 9.17) is 9.47 Å². The van der Waals surface area contributed by atoms with Gasteiger partial charge in [0, 0.05) is 13.2 Å². The van der Waals surface area contributed by atoms with Gasteiger partial charge in [0.05, 0.1) is 13.2 Å². The molecule has 0 aliphatic heterocycles. The van der Waals surface area contributed by atoms with Crippen LogP contribution in [-0.2, 0) is 34.7 Å². The second-order valence-corrected chi connectivity index (χ2v) is 2.45. The van der Waals surface area contributed by atoms with Crippen LogP contribution in [0.1, 0.15) is 0 Å². The normalized spacial score (nSPS) is 8.50. The van der Waals surface area contributed by atoms with Crippen molar-refractivity contribution in [3.05, 3.63) is 0 Å². The molecule has 0 spiro atoms. The van der Waals surface area contributed by atoms with Gasteiger partial charge < -0.3 is 34.7 Å². The number of ether oxygens (including phenoxy) is 2. The molecule has 0 rings (SSSR count). The fourth-order valence-electron chi connectivity index (χ4n) is 0.440. The minimum absolute atomic E-state index is 0. The van der Waals surface area contributed by atoms with Crippen molar-refractivity contribution in [1.29, 1.82) is 0 Å². The summed E-state index contributed by atoms with van der Waals surface area (Å²) in [5.41, 5.74) is 0. The smallest absolute Gasteiger partial charge is 0.790 e. The Kier molecular flexibility index (Phi) is 30.0. The second kappa shape index (κ2) is 18.6. The van der Waals surface area contributed by atoms with Crippen molar-refractivity contribution >= 4 is 25.3 Å². The number of hydrogen-bond acceptors (Lipinski definition) is 4. The first-order valence-electron chi connectivity index (χ1n) is 3.23. The third kappa shape index (κ3) is 17.8. The molecule has 0 aromatic heterocycles. The van der Waals surface area contributed by atoms with Crippen LogP contribution in [0.5, 0.6) is 0 Å². The Balaban J connectivity index is -0.000000405. The molecule has 0 aliphatic rings. The van der Waals surface area contributed by atoms with Crippen LogP contribution in [0.4, 0.5) is 0 Å². The summed E-state index contributed by atoms with van der Waals surface area (Å²) in [5.74, 6) is 1.31. The summed E-state index contributed by atoms with van der Waals surface area (Å²) >= 11 is 9.34. The fraction of sp³-hybridized carbons (Fsp3) is 1.00. The quantitative estimate of drug-likeness (QED) is 0.228. The summed E-state index contributed by atoms with van der Waals surface area (Å²) < 4.78 is 10.1. The van der Waals surface area contributed by atoms with Crippen LogP contribution in [0, 0.1) is 0 Å². The first-order chi connectivity index (χ1) is 4.91. The maximum absolute atomic E-state index is 5.07. The molecule has 0 radical (unpaired) electrons. The maximum Gasteiger partial charge on any atom is 1.00 e. The third-order valence-corrected chi connectivity index (χ3v) is 1.16. The van der Waals surface area contributed by atoms with Crippen molar-refractivity contribution in [2.45, 2.75) is 0 Å². The molecule has 0 saturated heterocycles. The zero-order valence-electron chi connectivity index (χ0n) is 7.88. The molecule has 0 aromatic rings. The Morgan fingerprint density at radius 1 is 0.667 bits per heavy atom. The van der Waals surface area contributed by atoms with E-state index in [1.807, 2.05) is 0 Å². The van der Waals surface area contributed by atoms with Crippen LogP contribution in [-0.4, -0.2) is 37.9 Å². The Morgan fingerprint density at radius 3 is 1.25 bits per heavy atom. The molecule has 0 N–H and O–H groups in total. The molecule has 0 atom stereocenters. The Morgan fingerprint density at radius 2 is 1.00 bits per heavy atom. The van der Waals surface area contributed by atoms with Crippen molar-refractivity contribution in [3.63, 3.8) is 0 Å². The van der Waals surface area contributed by atoms with Gasteiger partial charge >= 0.3 is 37.7 Å². The van der Waals surface area contributed by atoms with Crippen LogP contribution >= 0.6 is 0 Å². The van der Waals surface area contributed by atoms with Gasteiger partial charge in [-0.3, -0.25) is 0 Å². The van der Waals surface area contributed by atoms with E-state index in [1.54, 1.807) is 0 Å². The molecule has 0 aromatic carbocycles. The minimum atomic E-state index is 0. The van der Waals surface area contributed by atoms with Gasteiger partial charge in [0.2, 0.25) is 0 Å². The van der Waals surface area contributed by atoms with E-state index >= 15 is 0 Å². The zero-order chi connectivity index (χ0) is 7.66. The van der Waals surface area contributed by atoms with Crippen LogP contribution in [0.2, 0.25) is 0 Å². The topological polar surface area (TPSA) is 18.5 Å². The second-order valence-electron chi connectivity index (χ2n) is 1.63. The van der Waals surface area contributed by atoms with Gasteiger partial charge in [0.15, 0.2) is 0 Å². The monoisotopic (exact) mass is 194 g/mol. The Labute approximate surface area is 110 Å². The summed E-state index contributed by atoms with van der Waals surface area (Å²) in [7, 11) is 0. The third-order valence-electron chi connectivity index (χ3n) is 0.827. The van der Waals surface area contributed by atoms with Crippen LogP contribution in [0.15, 0.2) is 0 Å². The van der Waals surface area contributed by atoms with Crippen LogP contribution in [0.25, 0.3) is 0 Å². The van der Waals surface area contributed by atoms with Crippen molar-refractivity contribution < 1.29 is 47.2 Å². The summed E-state index contributed by atoms with van der Waals surface area (Å²) in [6.07, 6.45) is 0. The summed E-state index contributed by atoms with van der Waals surface area (Å²) in [4.78, 5) is 0. The molecule has 0 heterocycles. The van der Waals surface area contributed by atoms with Gasteiger partial charge in [-0.15, -0.1) is 0 Å². The standard InChI is InChI=1S/C6H14O2S2.2Li/c9-5-3-7-1-2-8-4-6-10;;/h9-10H,1-6H2;;/q;2*+1/p-2. The SMILES string of the molecule is [Li+].[Li+].[S-]CCOCCOCC[S-]. The van der Waals surface area contributed by atoms with E-state index in [9.17, 15) is 0 Å². The van der Waals surface area contributed by atoms with E-state index in [0.29, 0.717) is 37.9 Å². The first-order valence-corrected chi connectivity index (χ1v) is 4.39. The van der Waals surface area contributed by atoms with E-state index in [-0.39, 0.29) is 37.7 Å². The maximum atomic E-state index is 5.07. The van der Waals surface area contributed by atoms with E-state index in [0.717, 1.165) is 0 Å². The molecule has 0 unspecified atom stereocenters. The van der Waals surface area contributed by atoms with E-state index in [2.05, 4.69) is 25.3 Å². The average Bonchev–Trinajstić information content (AvgIpc) is 1.97. The molecule has 12 heavy (non-hydrogen) atoms. The first kappa shape index (κ1) is 19.4. The molecular formula is C6H12Li2O2S2. The molecule has 6 heteroatoms. The van der Waals surface area contributed by atoms with E-state index in [1.165, 1.54) is 0 Å². The minimum Gasteiger partial charge on any atom is -0.790 e. The number of rotatable bonds is 7. The van der Waals surface area contributed by atoms with E-state index < -0.39 is 0 Å². The van der Waals surface area contributed by atoms with Crippen molar-refractivity contribution in [3.8, 4) is 0 Å². The molecule has 2 nitrogen and oxygen atoms in total. The largest absolute Gasteiger partial charge is 1.00 e. The fourth-order valence-corrected chi connectivity index (χ4v) is 0.676. The summed E-state index contributed by atoms with van der Waals surface area (Å²) in [5, 5.41) is 0. The molecule has 0 bridgehead atoms. The predicted octanol–water partition coefficient (Wildman–Crippen LogP) is -5.88. The van der Waals surface area contributed by atoms with Gasteiger partial charge in [-0.1, -0.05) is 0 Å². The molecule has 0 fully saturated rings. The molecule has 0 amide bonds. The van der Waals surface area contributed by atoms with Crippen LogP contribution in [0.3, 0.4) is 0 Å². The molecule has 0 saturated carbocycles. The average molecular weight is 194 g/mol. The van der Waals surface area contributed by atoms with Crippen molar-refractivity contribution in [2.75, 3.05) is 37.9 Å². The van der Waals surface area contributed by atoms with Gasteiger partial charge in [0.25, 0.3) is 0 Å². The summed E-state index contributed by atoms with van der Waals surface area (Å²) in [6, 6.07) is 0. The Bertz CT molecular complexity index is 61.5. The molecule has 0 aliphatic carbocycles. The predicted molar refractivity (Wildman–Crippen MR) is 46.1 cm³/mol. The summed E-state index contributed by atoms with van der Waals surface area (Å²) in [6.45, 7) is 2.55. The zero-order valence-corrected chi connectivity index (χ0v) is 9.51. The van der Waals surface area contributed by atoms with Crippen LogP contribution < -0.4 is 37.7 Å².